The number of hydrogen-bond donors (Lipinski definition) is 2. The molecule has 0 heterocycles. The first-order valence-corrected chi connectivity index (χ1v) is 10.5. The minimum atomic E-state index is -3.83. The second kappa shape index (κ2) is 8.86. The van der Waals surface area contributed by atoms with E-state index in [0.717, 1.165) is 32.1 Å². The van der Waals surface area contributed by atoms with Crippen molar-refractivity contribution in [3.63, 3.8) is 0 Å². The van der Waals surface area contributed by atoms with Gasteiger partial charge in [-0.05, 0) is 37.5 Å². The Bertz CT molecular complexity index is 719. The van der Waals surface area contributed by atoms with Crippen LogP contribution in [0.1, 0.15) is 32.1 Å². The van der Waals surface area contributed by atoms with E-state index in [1.807, 2.05) is 0 Å². The van der Waals surface area contributed by atoms with Crippen molar-refractivity contribution in [3.05, 3.63) is 12.1 Å². The van der Waals surface area contributed by atoms with Gasteiger partial charge in [0.25, 0.3) is 0 Å². The number of nitrogens with one attached hydrogen (secondary N) is 1. The highest BCUT2D eigenvalue weighted by Crippen LogP contribution is 2.42. The van der Waals surface area contributed by atoms with E-state index >= 15 is 0 Å². The van der Waals surface area contributed by atoms with E-state index in [4.69, 9.17) is 19.9 Å². The van der Waals surface area contributed by atoms with Crippen LogP contribution in [-0.4, -0.2) is 41.8 Å². The second-order valence-electron chi connectivity index (χ2n) is 7.19. The van der Waals surface area contributed by atoms with Crippen molar-refractivity contribution < 1.29 is 22.6 Å². The Morgan fingerprint density at radius 2 is 1.52 bits per heavy atom. The van der Waals surface area contributed by atoms with E-state index in [1.54, 1.807) is 12.1 Å². The molecule has 2 aliphatic rings. The molecule has 2 atom stereocenters. The summed E-state index contributed by atoms with van der Waals surface area (Å²) >= 11 is 0. The molecule has 0 aromatic heterocycles. The quantitative estimate of drug-likeness (QED) is 0.732. The maximum atomic E-state index is 13.2. The largest absolute Gasteiger partial charge is 0.496 e. The molecule has 3 N–H and O–H groups in total. The molecule has 3 rings (SSSR count). The van der Waals surface area contributed by atoms with Gasteiger partial charge < -0.3 is 19.9 Å². The fraction of sp³-hybridized carbons (Fsp3) is 0.667. The predicted molar refractivity (Wildman–Crippen MR) is 105 cm³/mol. The lowest BCUT2D eigenvalue weighted by Crippen LogP contribution is -2.53. The summed E-state index contributed by atoms with van der Waals surface area (Å²) in [6.45, 7) is 0. The Labute approximate surface area is 167 Å². The van der Waals surface area contributed by atoms with E-state index in [9.17, 15) is 8.42 Å². The van der Waals surface area contributed by atoms with Crippen molar-refractivity contribution in [3.8, 4) is 17.2 Å². The second-order valence-corrected chi connectivity index (χ2v) is 8.84. The van der Waals surface area contributed by atoms with Crippen LogP contribution in [0.25, 0.3) is 0 Å². The molecule has 0 radical (unpaired) electrons. The lowest BCUT2D eigenvalue weighted by Gasteiger charge is -2.45. The minimum absolute atomic E-state index is 0. The number of hydrogen-bond acceptors (Lipinski definition) is 6. The monoisotopic (exact) mass is 420 g/mol. The molecule has 154 valence electrons. The van der Waals surface area contributed by atoms with Crippen LogP contribution >= 0.6 is 12.4 Å². The highest BCUT2D eigenvalue weighted by Gasteiger charge is 2.42. The van der Waals surface area contributed by atoms with Gasteiger partial charge in [0.15, 0.2) is 4.90 Å². The highest BCUT2D eigenvalue weighted by atomic mass is 35.5. The first-order chi connectivity index (χ1) is 12.4. The number of halogens is 1. The van der Waals surface area contributed by atoms with Crippen molar-refractivity contribution >= 4 is 22.4 Å². The predicted octanol–water partition coefficient (Wildman–Crippen LogP) is 2.32. The number of sulfonamides is 1. The van der Waals surface area contributed by atoms with Crippen molar-refractivity contribution in [2.24, 2.45) is 17.6 Å². The van der Waals surface area contributed by atoms with Gasteiger partial charge >= 0.3 is 0 Å². The van der Waals surface area contributed by atoms with Crippen LogP contribution in [0.15, 0.2) is 17.0 Å². The topological polar surface area (TPSA) is 99.9 Å². The average Bonchev–Trinajstić information content (AvgIpc) is 2.60. The third-order valence-electron chi connectivity index (χ3n) is 5.61. The Kier molecular flexibility index (Phi) is 7.24. The fourth-order valence-electron chi connectivity index (χ4n) is 4.46. The first-order valence-electron chi connectivity index (χ1n) is 8.97. The summed E-state index contributed by atoms with van der Waals surface area (Å²) in [7, 11) is 0.545. The zero-order valence-electron chi connectivity index (χ0n) is 15.9. The average molecular weight is 421 g/mol. The summed E-state index contributed by atoms with van der Waals surface area (Å²) in [5, 5.41) is 0. The summed E-state index contributed by atoms with van der Waals surface area (Å²) in [6, 6.07) is 3.17. The Morgan fingerprint density at radius 1 is 1.00 bits per heavy atom. The molecular weight excluding hydrogens is 392 g/mol. The standard InChI is InChI=1S/C18H28N2O5S.ClH/c1-23-14-9-15(24-2)18(16(10-14)25-3)26(21,22)20-17-11-5-4-6-12(17)8-13(19)7-11;/h9-13,17,20H,4-8,19H2,1-3H3;1H. The normalized spacial score (nSPS) is 27.4. The van der Waals surface area contributed by atoms with Crippen molar-refractivity contribution in [2.45, 2.75) is 49.1 Å². The molecule has 1 aromatic carbocycles. The van der Waals surface area contributed by atoms with Crippen LogP contribution < -0.4 is 24.7 Å². The van der Waals surface area contributed by atoms with Crippen LogP contribution in [0, 0.1) is 11.8 Å². The molecule has 2 saturated carbocycles. The molecule has 2 bridgehead atoms. The molecule has 0 spiro atoms. The summed E-state index contributed by atoms with van der Waals surface area (Å²) < 4.78 is 45.2. The third-order valence-corrected chi connectivity index (χ3v) is 7.13. The van der Waals surface area contributed by atoms with Gasteiger partial charge in [-0.25, -0.2) is 13.1 Å². The number of methoxy groups -OCH3 is 3. The number of nitrogens with two attached hydrogens (primary N) is 1. The number of fused-ring (bicyclic) bond motifs is 2. The summed E-state index contributed by atoms with van der Waals surface area (Å²) in [5.41, 5.74) is 6.15. The molecule has 1 aromatic rings. The van der Waals surface area contributed by atoms with E-state index in [2.05, 4.69) is 4.72 Å². The Morgan fingerprint density at radius 3 is 1.96 bits per heavy atom. The minimum Gasteiger partial charge on any atom is -0.496 e. The van der Waals surface area contributed by atoms with E-state index in [-0.39, 0.29) is 52.7 Å². The molecule has 2 aliphatic carbocycles. The van der Waals surface area contributed by atoms with Crippen LogP contribution in [0.4, 0.5) is 0 Å². The van der Waals surface area contributed by atoms with Crippen molar-refractivity contribution in [1.29, 1.82) is 0 Å². The molecule has 7 nitrogen and oxygen atoms in total. The van der Waals surface area contributed by atoms with Gasteiger partial charge in [-0.15, -0.1) is 12.4 Å². The Balaban J connectivity index is 0.00000261. The maximum Gasteiger partial charge on any atom is 0.248 e. The SMILES string of the molecule is COc1cc(OC)c(S(=O)(=O)NC2C3CCCC2CC(N)C3)c(OC)c1.Cl. The van der Waals surface area contributed by atoms with E-state index in [0.29, 0.717) is 5.75 Å². The van der Waals surface area contributed by atoms with Gasteiger partial charge in [0.2, 0.25) is 10.0 Å². The highest BCUT2D eigenvalue weighted by molar-refractivity contribution is 7.89. The molecule has 9 heteroatoms. The third kappa shape index (κ3) is 4.45. The molecule has 2 fully saturated rings. The molecule has 2 unspecified atom stereocenters. The van der Waals surface area contributed by atoms with Gasteiger partial charge in [0, 0.05) is 24.2 Å². The van der Waals surface area contributed by atoms with Gasteiger partial charge in [-0.3, -0.25) is 0 Å². The first kappa shape index (κ1) is 22.1. The molecule has 0 saturated heterocycles. The molecule has 0 amide bonds. The smallest absolute Gasteiger partial charge is 0.248 e. The van der Waals surface area contributed by atoms with Gasteiger partial charge in [-0.2, -0.15) is 0 Å². The van der Waals surface area contributed by atoms with Crippen LogP contribution in [0.3, 0.4) is 0 Å². The van der Waals surface area contributed by atoms with Gasteiger partial charge in [-0.1, -0.05) is 6.42 Å². The molecule has 0 aliphatic heterocycles. The number of benzene rings is 1. The maximum absolute atomic E-state index is 13.2. The Hall–Kier alpha value is -1.22. The fourth-order valence-corrected chi connectivity index (χ4v) is 6.13. The van der Waals surface area contributed by atoms with Crippen LogP contribution in [-0.2, 0) is 10.0 Å². The number of ether oxygens (including phenoxy) is 3. The zero-order chi connectivity index (χ0) is 18.9. The van der Waals surface area contributed by atoms with Crippen molar-refractivity contribution in [2.75, 3.05) is 21.3 Å². The van der Waals surface area contributed by atoms with E-state index in [1.165, 1.54) is 21.3 Å². The van der Waals surface area contributed by atoms with Gasteiger partial charge in [0.1, 0.15) is 17.2 Å². The summed E-state index contributed by atoms with van der Waals surface area (Å²) in [4.78, 5) is 0.0104. The van der Waals surface area contributed by atoms with Crippen LogP contribution in [0.2, 0.25) is 0 Å². The lowest BCUT2D eigenvalue weighted by molar-refractivity contribution is 0.125. The van der Waals surface area contributed by atoms with Crippen LogP contribution in [0.5, 0.6) is 17.2 Å². The lowest BCUT2D eigenvalue weighted by atomic mass is 9.67. The molecular formula is C18H29ClN2O5S. The van der Waals surface area contributed by atoms with Crippen molar-refractivity contribution in [1.82, 2.24) is 4.72 Å². The summed E-state index contributed by atoms with van der Waals surface area (Å²) in [6.07, 6.45) is 4.87. The zero-order valence-corrected chi connectivity index (χ0v) is 17.6. The number of rotatable bonds is 6. The summed E-state index contributed by atoms with van der Waals surface area (Å²) in [5.74, 6) is 1.43. The van der Waals surface area contributed by atoms with Gasteiger partial charge in [0.05, 0.1) is 21.3 Å². The molecule has 27 heavy (non-hydrogen) atoms. The van der Waals surface area contributed by atoms with E-state index < -0.39 is 10.0 Å².